The monoisotopic (exact) mass is 156 g/mol. The van der Waals surface area contributed by atoms with Crippen molar-refractivity contribution in [1.29, 1.82) is 0 Å². The predicted octanol–water partition coefficient (Wildman–Crippen LogP) is 0.134. The first-order valence-corrected chi connectivity index (χ1v) is 4.15. The van der Waals surface area contributed by atoms with Crippen LogP contribution < -0.4 is 5.14 Å². The number of hydrogen-bond donors (Lipinski definition) is 1. The zero-order valence-electron chi connectivity index (χ0n) is 5.11. The van der Waals surface area contributed by atoms with E-state index in [4.69, 9.17) is 5.14 Å². The van der Waals surface area contributed by atoms with Crippen LogP contribution in [0.25, 0.3) is 0 Å². The van der Waals surface area contributed by atoms with Crippen LogP contribution in [0.15, 0.2) is 29.2 Å². The lowest BCUT2D eigenvalue weighted by molar-refractivity contribution is 0.597. The molecule has 1 aromatic carbocycles. The number of nitrogens with two attached hydrogens (primary N) is 1. The summed E-state index contributed by atoms with van der Waals surface area (Å²) in [5, 5.41) is 4.80. The molecule has 0 radical (unpaired) electrons. The summed E-state index contributed by atoms with van der Waals surface area (Å²) in [6.07, 6.45) is 0. The second kappa shape index (κ2) is 2.40. The summed E-state index contributed by atoms with van der Waals surface area (Å²) in [5.41, 5.74) is 0. The van der Waals surface area contributed by atoms with Crippen molar-refractivity contribution >= 4 is 10.0 Å². The van der Waals surface area contributed by atoms with E-state index < -0.39 is 10.0 Å². The average molecular weight is 156 g/mol. The molecule has 0 aliphatic rings. The molecule has 1 rings (SSSR count). The second-order valence-corrected chi connectivity index (χ2v) is 3.30. The summed E-state index contributed by atoms with van der Waals surface area (Å²) in [4.78, 5) is 0.0231. The number of primary sulfonamides is 1. The zero-order chi connectivity index (χ0) is 7.61. The van der Waals surface area contributed by atoms with Gasteiger partial charge in [0, 0.05) is 0 Å². The van der Waals surface area contributed by atoms with Gasteiger partial charge in [-0.1, -0.05) is 0 Å². The van der Waals surface area contributed by atoms with E-state index in [0.717, 1.165) is 0 Å². The lowest BCUT2D eigenvalue weighted by atomic mass is 10.4. The van der Waals surface area contributed by atoms with Crippen LogP contribution in [0.3, 0.4) is 0 Å². The summed E-state index contributed by atoms with van der Waals surface area (Å²) in [7, 11) is -3.56. The molecular weight excluding hydrogens is 150 g/mol. The van der Waals surface area contributed by atoms with E-state index >= 15 is 0 Å². The van der Waals surface area contributed by atoms with Crippen molar-refractivity contribution < 1.29 is 8.42 Å². The molecule has 0 heterocycles. The molecule has 0 aliphatic heterocycles. The van der Waals surface area contributed by atoms with Crippen LogP contribution in [0.2, 0.25) is 0 Å². The summed E-state index contributed by atoms with van der Waals surface area (Å²) < 4.78 is 21.2. The van der Waals surface area contributed by atoms with Crippen LogP contribution in [0.4, 0.5) is 0 Å². The van der Waals surface area contributed by atoms with Gasteiger partial charge in [-0.3, -0.25) is 0 Å². The normalized spacial score (nSPS) is 11.3. The van der Waals surface area contributed by atoms with Crippen LogP contribution in [-0.2, 0) is 10.0 Å². The molecule has 4 heteroatoms. The maximum Gasteiger partial charge on any atom is 0.214 e. The van der Waals surface area contributed by atoms with Crippen molar-refractivity contribution in [1.82, 2.24) is 0 Å². The Balaban J connectivity index is 3.22. The van der Waals surface area contributed by atoms with Crippen molar-refractivity contribution in [3.05, 3.63) is 30.3 Å². The minimum Gasteiger partial charge on any atom is -0.226 e. The van der Waals surface area contributed by atoms with Crippen LogP contribution >= 0.6 is 0 Å². The molecular formula is C6H6NO2S-. The number of sulfonamides is 1. The maximum absolute atomic E-state index is 10.6. The Kier molecular flexibility index (Phi) is 1.74. The first-order chi connectivity index (χ1) is 4.61. The molecule has 54 valence electrons. The Hall–Kier alpha value is -0.870. The standard InChI is InChI=1S/C6H6NO2S/c7-10(8,9)6-4-2-1-3-5-6/h1-4H,(H2,7,8,9)/q-1. The molecule has 10 heavy (non-hydrogen) atoms. The molecule has 0 bridgehead atoms. The molecule has 0 atom stereocenters. The smallest absolute Gasteiger partial charge is 0.214 e. The molecule has 0 aromatic heterocycles. The van der Waals surface area contributed by atoms with Crippen molar-refractivity contribution in [2.75, 3.05) is 0 Å². The van der Waals surface area contributed by atoms with E-state index in [0.29, 0.717) is 0 Å². The summed E-state index contributed by atoms with van der Waals surface area (Å²) in [5.74, 6) is 0. The van der Waals surface area contributed by atoms with Gasteiger partial charge in [-0.25, -0.2) is 13.6 Å². The zero-order valence-corrected chi connectivity index (χ0v) is 5.93. The Labute approximate surface area is 59.5 Å². The Morgan fingerprint density at radius 2 is 2.10 bits per heavy atom. The molecule has 0 amide bonds. The molecule has 0 aliphatic carbocycles. The molecule has 0 saturated heterocycles. The molecule has 0 saturated carbocycles. The SMILES string of the molecule is NS(=O)(=O)c1[c-]cccc1. The van der Waals surface area contributed by atoms with E-state index in [1.165, 1.54) is 12.1 Å². The van der Waals surface area contributed by atoms with Crippen molar-refractivity contribution in [2.24, 2.45) is 5.14 Å². The fourth-order valence-corrected chi connectivity index (χ4v) is 1.05. The van der Waals surface area contributed by atoms with Gasteiger partial charge in [0.05, 0.1) is 0 Å². The minimum atomic E-state index is -3.56. The first kappa shape index (κ1) is 7.24. The highest BCUT2D eigenvalue weighted by molar-refractivity contribution is 7.89. The topological polar surface area (TPSA) is 60.2 Å². The lowest BCUT2D eigenvalue weighted by Crippen LogP contribution is -2.11. The third-order valence-corrected chi connectivity index (χ3v) is 1.85. The van der Waals surface area contributed by atoms with Gasteiger partial charge in [0.1, 0.15) is 0 Å². The van der Waals surface area contributed by atoms with Crippen LogP contribution in [0.1, 0.15) is 0 Å². The van der Waals surface area contributed by atoms with Gasteiger partial charge in [0.2, 0.25) is 10.0 Å². The van der Waals surface area contributed by atoms with Gasteiger partial charge < -0.3 is 0 Å². The number of benzene rings is 1. The van der Waals surface area contributed by atoms with E-state index in [1.54, 1.807) is 12.1 Å². The number of hydrogen-bond acceptors (Lipinski definition) is 2. The van der Waals surface area contributed by atoms with Crippen molar-refractivity contribution in [3.8, 4) is 0 Å². The van der Waals surface area contributed by atoms with Gasteiger partial charge in [0.25, 0.3) is 0 Å². The minimum absolute atomic E-state index is 0.0231. The highest BCUT2D eigenvalue weighted by Crippen LogP contribution is 2.02. The van der Waals surface area contributed by atoms with E-state index in [2.05, 4.69) is 6.07 Å². The summed E-state index contributed by atoms with van der Waals surface area (Å²) >= 11 is 0. The van der Waals surface area contributed by atoms with Crippen LogP contribution in [0.5, 0.6) is 0 Å². The van der Waals surface area contributed by atoms with Crippen molar-refractivity contribution in [2.45, 2.75) is 4.90 Å². The van der Waals surface area contributed by atoms with Crippen LogP contribution in [0, 0.1) is 6.07 Å². The lowest BCUT2D eigenvalue weighted by Gasteiger charge is -2.01. The van der Waals surface area contributed by atoms with E-state index in [-0.39, 0.29) is 4.90 Å². The fourth-order valence-electron chi connectivity index (χ4n) is 0.554. The number of rotatable bonds is 1. The Morgan fingerprint density at radius 3 is 2.40 bits per heavy atom. The summed E-state index contributed by atoms with van der Waals surface area (Å²) in [6.45, 7) is 0. The maximum atomic E-state index is 10.6. The average Bonchev–Trinajstić information content (AvgIpc) is 1.88. The van der Waals surface area contributed by atoms with Gasteiger partial charge in [-0.05, 0) is 4.90 Å². The fraction of sp³-hybridized carbons (Fsp3) is 0. The van der Waals surface area contributed by atoms with Crippen LogP contribution in [-0.4, -0.2) is 8.42 Å². The van der Waals surface area contributed by atoms with Gasteiger partial charge in [-0.15, -0.1) is 0 Å². The molecule has 0 fully saturated rings. The highest BCUT2D eigenvalue weighted by Gasteiger charge is 1.97. The van der Waals surface area contributed by atoms with Gasteiger partial charge in [-0.2, -0.15) is 30.3 Å². The third-order valence-electron chi connectivity index (χ3n) is 0.987. The summed E-state index contributed by atoms with van der Waals surface area (Å²) in [6, 6.07) is 8.66. The van der Waals surface area contributed by atoms with E-state index in [9.17, 15) is 8.42 Å². The first-order valence-electron chi connectivity index (χ1n) is 2.60. The second-order valence-electron chi connectivity index (χ2n) is 1.77. The molecule has 3 nitrogen and oxygen atoms in total. The highest BCUT2D eigenvalue weighted by atomic mass is 32.2. The largest absolute Gasteiger partial charge is 0.226 e. The predicted molar refractivity (Wildman–Crippen MR) is 36.7 cm³/mol. The molecule has 1 aromatic rings. The van der Waals surface area contributed by atoms with Gasteiger partial charge in [0.15, 0.2) is 0 Å². The molecule has 0 unspecified atom stereocenters. The quantitative estimate of drug-likeness (QED) is 0.588. The van der Waals surface area contributed by atoms with E-state index in [1.807, 2.05) is 0 Å². The van der Waals surface area contributed by atoms with Crippen molar-refractivity contribution in [3.63, 3.8) is 0 Å². The Morgan fingerprint density at radius 1 is 1.40 bits per heavy atom. The third kappa shape index (κ3) is 1.55. The molecule has 0 spiro atoms. The molecule has 2 N–H and O–H groups in total. The van der Waals surface area contributed by atoms with Gasteiger partial charge >= 0.3 is 0 Å². The Bertz CT molecular complexity index is 304.